The summed E-state index contributed by atoms with van der Waals surface area (Å²) in [5.74, 6) is 5.61. The molecule has 0 amide bonds. The first kappa shape index (κ1) is 31.6. The molecule has 3 N–H and O–H groups in total. The monoisotopic (exact) mass is 555 g/mol. The molecule has 3 saturated carbocycles. The number of carbonyl (C=O) groups excluding carboxylic acids is 1. The number of hydrogen-bond acceptors (Lipinski definition) is 4. The van der Waals surface area contributed by atoms with Crippen LogP contribution in [0.2, 0.25) is 0 Å². The summed E-state index contributed by atoms with van der Waals surface area (Å²) in [6.07, 6.45) is 18.3. The minimum Gasteiger partial charge on any atom is -0.462 e. The number of allylic oxidation sites excluding steroid dienone is 1. The van der Waals surface area contributed by atoms with Gasteiger partial charge in [0.05, 0.1) is 12.3 Å². The van der Waals surface area contributed by atoms with Crippen LogP contribution in [0.5, 0.6) is 0 Å². The number of fused-ring (bicyclic) bond motifs is 5. The molecule has 0 heterocycles. The fraction of sp³-hybridized carbons (Fsp3) is 0.886. The van der Waals surface area contributed by atoms with Gasteiger partial charge in [0.2, 0.25) is 0 Å². The number of amidine groups is 1. The summed E-state index contributed by atoms with van der Waals surface area (Å²) < 4.78 is 5.99. The molecule has 4 rings (SSSR count). The lowest BCUT2D eigenvalue weighted by molar-refractivity contribution is -0.151. The standard InChI is InChI=1S/C35H61N3O2/c1-24(2)9-7-10-25(3)30-13-14-31-29-12-11-27-23-28(15-18-34(27,5)32(29)16-19-35(30,31)6)40-33(39)17-22-37-20-8-21-38-26(4)36/h11,24-25,28-32,37H,7-10,12-23H2,1-6H3,(H2,36,38)/t25-,28+,29+,30-,31+,32+,34+,35-/m1/s1. The Morgan fingerprint density at radius 3 is 2.58 bits per heavy atom. The van der Waals surface area contributed by atoms with Crippen molar-refractivity contribution in [2.75, 3.05) is 19.6 Å². The topological polar surface area (TPSA) is 74.2 Å². The predicted octanol–water partition coefficient (Wildman–Crippen LogP) is 7.90. The van der Waals surface area contributed by atoms with E-state index < -0.39 is 0 Å². The van der Waals surface area contributed by atoms with Gasteiger partial charge in [-0.2, -0.15) is 0 Å². The molecule has 0 aromatic rings. The van der Waals surface area contributed by atoms with Crippen LogP contribution in [0.15, 0.2) is 11.6 Å². The smallest absolute Gasteiger partial charge is 0.307 e. The van der Waals surface area contributed by atoms with E-state index in [-0.39, 0.29) is 12.1 Å². The molecule has 0 unspecified atom stereocenters. The van der Waals surface area contributed by atoms with E-state index in [0.717, 1.165) is 67.9 Å². The van der Waals surface area contributed by atoms with Gasteiger partial charge in [-0.25, -0.2) is 0 Å². The number of carbonyl (C=O) groups is 1. The number of rotatable bonds is 13. The normalized spacial score (nSPS) is 35.8. The molecule has 0 aromatic carbocycles. The van der Waals surface area contributed by atoms with Gasteiger partial charge in [-0.15, -0.1) is 0 Å². The molecule has 0 aromatic heterocycles. The lowest BCUT2D eigenvalue weighted by atomic mass is 9.47. The zero-order valence-electron chi connectivity index (χ0n) is 26.7. The maximum atomic E-state index is 12.6. The first-order valence-electron chi connectivity index (χ1n) is 16.9. The molecule has 0 saturated heterocycles. The van der Waals surface area contributed by atoms with E-state index >= 15 is 0 Å². The molecule has 3 fully saturated rings. The summed E-state index contributed by atoms with van der Waals surface area (Å²) in [7, 11) is 0. The molecular formula is C35H61N3O2. The van der Waals surface area contributed by atoms with Crippen LogP contribution in [0.1, 0.15) is 125 Å². The van der Waals surface area contributed by atoms with Crippen LogP contribution in [0.4, 0.5) is 0 Å². The second kappa shape index (κ2) is 13.7. The highest BCUT2D eigenvalue weighted by Crippen LogP contribution is 2.67. The van der Waals surface area contributed by atoms with Crippen LogP contribution >= 0.6 is 0 Å². The molecule has 5 nitrogen and oxygen atoms in total. The molecule has 8 atom stereocenters. The summed E-state index contributed by atoms with van der Waals surface area (Å²) in [6.45, 7) is 16.6. The molecular weight excluding hydrogens is 494 g/mol. The van der Waals surface area contributed by atoms with Gasteiger partial charge < -0.3 is 15.4 Å². The number of hydrogen-bond donors (Lipinski definition) is 3. The minimum absolute atomic E-state index is 0.0551. The first-order chi connectivity index (χ1) is 19.0. The van der Waals surface area contributed by atoms with E-state index in [0.29, 0.717) is 29.6 Å². The molecule has 4 aliphatic carbocycles. The van der Waals surface area contributed by atoms with Crippen molar-refractivity contribution in [3.05, 3.63) is 11.6 Å². The van der Waals surface area contributed by atoms with Gasteiger partial charge in [0.25, 0.3) is 0 Å². The average molecular weight is 556 g/mol. The molecule has 228 valence electrons. The summed E-state index contributed by atoms with van der Waals surface area (Å²) in [5.41, 5.74) is 2.44. The molecule has 5 heteroatoms. The van der Waals surface area contributed by atoms with Gasteiger partial charge in [-0.1, -0.05) is 65.5 Å². The third kappa shape index (κ3) is 7.16. The van der Waals surface area contributed by atoms with E-state index in [4.69, 9.17) is 10.1 Å². The van der Waals surface area contributed by atoms with Crippen LogP contribution in [-0.2, 0) is 9.53 Å². The fourth-order valence-electron chi connectivity index (χ4n) is 9.80. The van der Waals surface area contributed by atoms with Crippen LogP contribution in [0, 0.1) is 51.7 Å². The second-order valence-electron chi connectivity index (χ2n) is 15.0. The third-order valence-corrected chi connectivity index (χ3v) is 12.0. The van der Waals surface area contributed by atoms with Crippen molar-refractivity contribution in [1.29, 1.82) is 5.41 Å². The molecule has 40 heavy (non-hydrogen) atoms. The van der Waals surface area contributed by atoms with Gasteiger partial charge >= 0.3 is 5.97 Å². The molecule has 0 radical (unpaired) electrons. The van der Waals surface area contributed by atoms with Crippen molar-refractivity contribution >= 4 is 11.8 Å². The largest absolute Gasteiger partial charge is 0.462 e. The van der Waals surface area contributed by atoms with Gasteiger partial charge in [-0.3, -0.25) is 10.2 Å². The summed E-state index contributed by atoms with van der Waals surface area (Å²) in [5, 5.41) is 13.7. The minimum atomic E-state index is -0.0585. The number of ether oxygens (including phenoxy) is 1. The van der Waals surface area contributed by atoms with Crippen molar-refractivity contribution in [1.82, 2.24) is 10.6 Å². The Morgan fingerprint density at radius 2 is 1.82 bits per heavy atom. The molecule has 0 spiro atoms. The predicted molar refractivity (Wildman–Crippen MR) is 166 cm³/mol. The Hall–Kier alpha value is -1.36. The van der Waals surface area contributed by atoms with Crippen molar-refractivity contribution in [3.63, 3.8) is 0 Å². The van der Waals surface area contributed by atoms with Gasteiger partial charge in [0.15, 0.2) is 0 Å². The first-order valence-corrected chi connectivity index (χ1v) is 16.9. The van der Waals surface area contributed by atoms with E-state index in [1.54, 1.807) is 12.5 Å². The SMILES string of the molecule is CC(=N)NCCCNCCC(=O)O[C@H]1CC[C@@]2(C)C(=CC[C@H]3[C@@H]4CC[C@H]([C@H](C)CCCC(C)C)[C@@]4(C)CC[C@@H]32)C1. The van der Waals surface area contributed by atoms with Crippen molar-refractivity contribution < 1.29 is 9.53 Å². The lowest BCUT2D eigenvalue weighted by Crippen LogP contribution is -2.51. The third-order valence-electron chi connectivity index (χ3n) is 12.0. The molecule has 4 aliphatic rings. The van der Waals surface area contributed by atoms with Crippen LogP contribution in [0.3, 0.4) is 0 Å². The highest BCUT2D eigenvalue weighted by atomic mass is 16.5. The lowest BCUT2D eigenvalue weighted by Gasteiger charge is -2.58. The van der Waals surface area contributed by atoms with E-state index in [2.05, 4.69) is 51.3 Å². The van der Waals surface area contributed by atoms with E-state index in [1.807, 2.05) is 0 Å². The van der Waals surface area contributed by atoms with Crippen molar-refractivity contribution in [3.8, 4) is 0 Å². The maximum absolute atomic E-state index is 12.6. The van der Waals surface area contributed by atoms with Crippen LogP contribution in [-0.4, -0.2) is 37.5 Å². The molecule has 0 aliphatic heterocycles. The Morgan fingerprint density at radius 1 is 1.02 bits per heavy atom. The zero-order chi connectivity index (χ0) is 28.9. The summed E-state index contributed by atoms with van der Waals surface area (Å²) >= 11 is 0. The highest BCUT2D eigenvalue weighted by molar-refractivity contribution is 5.75. The van der Waals surface area contributed by atoms with Gasteiger partial charge in [-0.05, 0) is 111 Å². The number of nitrogens with one attached hydrogen (secondary N) is 3. The Bertz CT molecular complexity index is 899. The quantitative estimate of drug-likeness (QED) is 0.0710. The summed E-state index contributed by atoms with van der Waals surface area (Å²) in [4.78, 5) is 12.6. The van der Waals surface area contributed by atoms with E-state index in [1.165, 1.54) is 57.8 Å². The van der Waals surface area contributed by atoms with Crippen molar-refractivity contribution in [2.24, 2.45) is 46.3 Å². The second-order valence-corrected chi connectivity index (χ2v) is 15.0. The van der Waals surface area contributed by atoms with E-state index in [9.17, 15) is 4.79 Å². The number of esters is 1. The zero-order valence-corrected chi connectivity index (χ0v) is 26.7. The van der Waals surface area contributed by atoms with Gasteiger partial charge in [0.1, 0.15) is 6.10 Å². The molecule has 0 bridgehead atoms. The Labute approximate surface area is 245 Å². The van der Waals surface area contributed by atoms with Crippen LogP contribution in [0.25, 0.3) is 0 Å². The maximum Gasteiger partial charge on any atom is 0.307 e. The Balaban J connectivity index is 1.27. The van der Waals surface area contributed by atoms with Crippen LogP contribution < -0.4 is 10.6 Å². The Kier molecular flexibility index (Phi) is 10.8. The van der Waals surface area contributed by atoms with Crippen molar-refractivity contribution in [2.45, 2.75) is 131 Å². The average Bonchev–Trinajstić information content (AvgIpc) is 3.25. The fourth-order valence-corrected chi connectivity index (χ4v) is 9.80. The summed E-state index contributed by atoms with van der Waals surface area (Å²) in [6, 6.07) is 0. The highest BCUT2D eigenvalue weighted by Gasteiger charge is 2.59. The van der Waals surface area contributed by atoms with Gasteiger partial charge in [0, 0.05) is 19.5 Å².